The summed E-state index contributed by atoms with van der Waals surface area (Å²) < 4.78 is 5.17. The molecular formula is C17H16ClN3O. The molecular weight excluding hydrogens is 298 g/mol. The van der Waals surface area contributed by atoms with Crippen molar-refractivity contribution in [2.24, 2.45) is 0 Å². The molecule has 0 aliphatic carbocycles. The Labute approximate surface area is 134 Å². The zero-order valence-electron chi connectivity index (χ0n) is 12.4. The lowest BCUT2D eigenvalue weighted by atomic mass is 10.1. The molecule has 3 rings (SSSR count). The second-order valence-corrected chi connectivity index (χ2v) is 5.31. The first kappa shape index (κ1) is 14.6. The lowest BCUT2D eigenvalue weighted by molar-refractivity contribution is 0.415. The van der Waals surface area contributed by atoms with E-state index < -0.39 is 0 Å². The van der Waals surface area contributed by atoms with E-state index in [1.165, 1.54) is 5.56 Å². The van der Waals surface area contributed by atoms with Crippen LogP contribution in [0.25, 0.3) is 10.9 Å². The summed E-state index contributed by atoms with van der Waals surface area (Å²) in [6, 6.07) is 11.8. The first-order valence-corrected chi connectivity index (χ1v) is 7.43. The van der Waals surface area contributed by atoms with E-state index in [2.05, 4.69) is 34.3 Å². The van der Waals surface area contributed by atoms with Gasteiger partial charge in [-0.05, 0) is 42.3 Å². The maximum Gasteiger partial charge on any atom is 0.141 e. The first-order valence-electron chi connectivity index (χ1n) is 7.05. The lowest BCUT2D eigenvalue weighted by Gasteiger charge is -2.11. The van der Waals surface area contributed by atoms with E-state index in [1.54, 1.807) is 13.4 Å². The number of aryl methyl sites for hydroxylation is 1. The summed E-state index contributed by atoms with van der Waals surface area (Å²) in [7, 11) is 1.60. The Morgan fingerprint density at radius 1 is 1.14 bits per heavy atom. The molecule has 0 atom stereocenters. The number of benzene rings is 2. The molecule has 1 heterocycles. The van der Waals surface area contributed by atoms with Gasteiger partial charge in [0.05, 0.1) is 17.6 Å². The molecule has 4 nitrogen and oxygen atoms in total. The van der Waals surface area contributed by atoms with Gasteiger partial charge in [0.1, 0.15) is 17.9 Å². The van der Waals surface area contributed by atoms with Crippen LogP contribution in [0.5, 0.6) is 5.75 Å². The minimum Gasteiger partial charge on any atom is -0.495 e. The van der Waals surface area contributed by atoms with Crippen molar-refractivity contribution < 1.29 is 4.74 Å². The molecule has 0 aliphatic heterocycles. The van der Waals surface area contributed by atoms with Crippen LogP contribution < -0.4 is 10.1 Å². The Kier molecular flexibility index (Phi) is 4.11. The van der Waals surface area contributed by atoms with Crippen molar-refractivity contribution in [3.8, 4) is 5.75 Å². The minimum atomic E-state index is 0.556. The largest absolute Gasteiger partial charge is 0.495 e. The summed E-state index contributed by atoms with van der Waals surface area (Å²) in [5.41, 5.74) is 3.01. The summed E-state index contributed by atoms with van der Waals surface area (Å²) in [4.78, 5) is 8.66. The number of hydrogen-bond donors (Lipinski definition) is 1. The number of ether oxygens (including phenoxy) is 1. The minimum absolute atomic E-state index is 0.556. The fraction of sp³-hybridized carbons (Fsp3) is 0.176. The lowest BCUT2D eigenvalue weighted by Crippen LogP contribution is -1.97. The number of halogens is 1. The van der Waals surface area contributed by atoms with Crippen molar-refractivity contribution in [3.63, 3.8) is 0 Å². The molecule has 0 saturated carbocycles. The van der Waals surface area contributed by atoms with Crippen LogP contribution in [0.3, 0.4) is 0 Å². The third-order valence-electron chi connectivity index (χ3n) is 3.52. The summed E-state index contributed by atoms with van der Waals surface area (Å²) in [5.74, 6) is 1.41. The fourth-order valence-electron chi connectivity index (χ4n) is 2.30. The number of fused-ring (bicyclic) bond motifs is 1. The first-order chi connectivity index (χ1) is 10.7. The molecule has 1 aromatic heterocycles. The Balaban J connectivity index is 2.01. The maximum absolute atomic E-state index is 6.16. The number of nitrogens with one attached hydrogen (secondary N) is 1. The van der Waals surface area contributed by atoms with Crippen LogP contribution in [-0.2, 0) is 6.42 Å². The van der Waals surface area contributed by atoms with Gasteiger partial charge in [0.15, 0.2) is 0 Å². The highest BCUT2D eigenvalue weighted by molar-refractivity contribution is 6.32. The molecule has 0 fully saturated rings. The van der Waals surface area contributed by atoms with Crippen LogP contribution >= 0.6 is 11.6 Å². The van der Waals surface area contributed by atoms with Gasteiger partial charge < -0.3 is 10.1 Å². The average Bonchev–Trinajstić information content (AvgIpc) is 2.55. The predicted molar refractivity (Wildman–Crippen MR) is 90.2 cm³/mol. The van der Waals surface area contributed by atoms with Gasteiger partial charge in [0.25, 0.3) is 0 Å². The molecule has 0 aliphatic rings. The number of anilines is 2. The molecule has 5 heteroatoms. The quantitative estimate of drug-likeness (QED) is 0.764. The highest BCUT2D eigenvalue weighted by Gasteiger charge is 2.07. The van der Waals surface area contributed by atoms with E-state index in [-0.39, 0.29) is 0 Å². The highest BCUT2D eigenvalue weighted by Crippen LogP contribution is 2.30. The van der Waals surface area contributed by atoms with Crippen LogP contribution in [0.1, 0.15) is 12.5 Å². The van der Waals surface area contributed by atoms with Crippen molar-refractivity contribution in [1.29, 1.82) is 0 Å². The number of hydrogen-bond acceptors (Lipinski definition) is 4. The Bertz CT molecular complexity index is 820. The summed E-state index contributed by atoms with van der Waals surface area (Å²) >= 11 is 6.16. The van der Waals surface area contributed by atoms with Crippen molar-refractivity contribution in [1.82, 2.24) is 9.97 Å². The predicted octanol–water partition coefficient (Wildman–Crippen LogP) is 4.60. The van der Waals surface area contributed by atoms with Gasteiger partial charge in [0.2, 0.25) is 0 Å². The van der Waals surface area contributed by atoms with Crippen molar-refractivity contribution in [2.75, 3.05) is 12.4 Å². The molecule has 2 aromatic carbocycles. The summed E-state index contributed by atoms with van der Waals surface area (Å²) in [6.45, 7) is 2.13. The fourth-order valence-corrected chi connectivity index (χ4v) is 2.56. The monoisotopic (exact) mass is 313 g/mol. The second kappa shape index (κ2) is 6.20. The van der Waals surface area contributed by atoms with E-state index in [1.807, 2.05) is 24.3 Å². The van der Waals surface area contributed by atoms with Crippen LogP contribution in [-0.4, -0.2) is 17.1 Å². The van der Waals surface area contributed by atoms with Gasteiger partial charge in [-0.25, -0.2) is 9.97 Å². The van der Waals surface area contributed by atoms with E-state index in [0.717, 1.165) is 28.8 Å². The number of aromatic nitrogens is 2. The second-order valence-electron chi connectivity index (χ2n) is 4.90. The van der Waals surface area contributed by atoms with Gasteiger partial charge in [-0.3, -0.25) is 0 Å². The maximum atomic E-state index is 6.16. The van der Waals surface area contributed by atoms with Gasteiger partial charge in [-0.1, -0.05) is 24.6 Å². The molecule has 0 bridgehead atoms. The molecule has 1 N–H and O–H groups in total. The Morgan fingerprint density at radius 3 is 2.73 bits per heavy atom. The third kappa shape index (κ3) is 2.83. The van der Waals surface area contributed by atoms with Crippen LogP contribution in [0, 0.1) is 0 Å². The smallest absolute Gasteiger partial charge is 0.141 e. The number of methoxy groups -OCH3 is 1. The molecule has 0 saturated heterocycles. The highest BCUT2D eigenvalue weighted by atomic mass is 35.5. The molecule has 0 radical (unpaired) electrons. The molecule has 112 valence electrons. The average molecular weight is 314 g/mol. The zero-order chi connectivity index (χ0) is 15.5. The zero-order valence-corrected chi connectivity index (χ0v) is 13.2. The van der Waals surface area contributed by atoms with Crippen molar-refractivity contribution in [2.45, 2.75) is 13.3 Å². The normalized spacial score (nSPS) is 10.7. The van der Waals surface area contributed by atoms with Gasteiger partial charge in [-0.2, -0.15) is 0 Å². The molecule has 0 unspecified atom stereocenters. The van der Waals surface area contributed by atoms with E-state index in [4.69, 9.17) is 16.3 Å². The van der Waals surface area contributed by atoms with E-state index in [0.29, 0.717) is 10.8 Å². The van der Waals surface area contributed by atoms with Gasteiger partial charge >= 0.3 is 0 Å². The summed E-state index contributed by atoms with van der Waals surface area (Å²) in [6.07, 6.45) is 2.53. The van der Waals surface area contributed by atoms with Crippen molar-refractivity contribution in [3.05, 3.63) is 53.3 Å². The molecule has 3 aromatic rings. The third-order valence-corrected chi connectivity index (χ3v) is 3.82. The van der Waals surface area contributed by atoms with E-state index >= 15 is 0 Å². The molecule has 0 amide bonds. The van der Waals surface area contributed by atoms with Gasteiger partial charge in [-0.15, -0.1) is 0 Å². The number of nitrogens with zero attached hydrogens (tertiary/aromatic N) is 2. The van der Waals surface area contributed by atoms with E-state index in [9.17, 15) is 0 Å². The molecule has 22 heavy (non-hydrogen) atoms. The Morgan fingerprint density at radius 2 is 2.00 bits per heavy atom. The SMILES string of the molecule is CCc1ccc2ncnc(Nc3ccc(OC)c(Cl)c3)c2c1. The van der Waals surface area contributed by atoms with Gasteiger partial charge in [0, 0.05) is 11.1 Å². The van der Waals surface area contributed by atoms with Crippen molar-refractivity contribution >= 4 is 34.0 Å². The summed E-state index contributed by atoms with van der Waals surface area (Å²) in [5, 5.41) is 4.85. The molecule has 0 spiro atoms. The van der Waals surface area contributed by atoms with Crippen LogP contribution in [0.15, 0.2) is 42.7 Å². The number of rotatable bonds is 4. The van der Waals surface area contributed by atoms with Crippen LogP contribution in [0.4, 0.5) is 11.5 Å². The Hall–Kier alpha value is -2.33. The standard InChI is InChI=1S/C17H16ClN3O/c1-3-11-4-6-15-13(8-11)17(20-10-19-15)21-12-5-7-16(22-2)14(18)9-12/h4-10H,3H2,1-2H3,(H,19,20,21). The topological polar surface area (TPSA) is 47.0 Å². The van der Waals surface area contributed by atoms with Crippen LogP contribution in [0.2, 0.25) is 5.02 Å².